The van der Waals surface area contributed by atoms with Gasteiger partial charge in [-0.25, -0.2) is 9.78 Å². The van der Waals surface area contributed by atoms with Crippen LogP contribution in [0.4, 0.5) is 4.79 Å². The van der Waals surface area contributed by atoms with Crippen LogP contribution in [0.25, 0.3) is 0 Å². The van der Waals surface area contributed by atoms with Crippen molar-refractivity contribution in [1.82, 2.24) is 25.1 Å². The van der Waals surface area contributed by atoms with Gasteiger partial charge in [-0.1, -0.05) is 12.1 Å². The predicted molar refractivity (Wildman–Crippen MR) is 113 cm³/mol. The van der Waals surface area contributed by atoms with Crippen molar-refractivity contribution in [3.8, 4) is 17.6 Å². The molecule has 1 aromatic heterocycles. The van der Waals surface area contributed by atoms with Crippen LogP contribution in [0.2, 0.25) is 0 Å². The largest absolute Gasteiger partial charge is 0.481 e. The number of morpholine rings is 1. The Balaban J connectivity index is 1.13. The zero-order chi connectivity index (χ0) is 22.1. The summed E-state index contributed by atoms with van der Waals surface area (Å²) in [4.78, 5) is 36.3. The lowest BCUT2D eigenvalue weighted by Gasteiger charge is -2.46. The molecule has 4 heterocycles. The first kappa shape index (κ1) is 20.5. The van der Waals surface area contributed by atoms with Crippen molar-refractivity contribution in [2.24, 2.45) is 0 Å². The number of benzene rings is 1. The van der Waals surface area contributed by atoms with Crippen LogP contribution in [0.5, 0.6) is 17.6 Å². The van der Waals surface area contributed by atoms with E-state index in [-0.39, 0.29) is 42.6 Å². The van der Waals surface area contributed by atoms with Crippen molar-refractivity contribution < 1.29 is 23.8 Å². The van der Waals surface area contributed by atoms with Gasteiger partial charge in [0.15, 0.2) is 0 Å². The highest BCUT2D eigenvalue weighted by molar-refractivity contribution is 5.79. The Morgan fingerprint density at radius 3 is 2.75 bits per heavy atom. The standard InChI is InChI=1S/C22H25N5O5/c1-30-20-6-8-23-21(25-20)32-16-4-2-14(3-5-16)15-10-27(11-15)22(29)26-9-7-18-17(12-26)24-19(28)13-31-18/h2-6,8,15,17-18H,7,9-13H2,1H3,(H,24,28)/t17?,18-/m0/s1. The van der Waals surface area contributed by atoms with Crippen molar-refractivity contribution in [1.29, 1.82) is 0 Å². The third-order valence-electron chi connectivity index (χ3n) is 6.12. The smallest absolute Gasteiger partial charge is 0.325 e. The van der Waals surface area contributed by atoms with E-state index in [9.17, 15) is 9.59 Å². The lowest BCUT2D eigenvalue weighted by molar-refractivity contribution is -0.139. The molecule has 2 atom stereocenters. The van der Waals surface area contributed by atoms with Crippen LogP contribution in [0.1, 0.15) is 17.9 Å². The molecule has 3 aliphatic heterocycles. The molecule has 0 aliphatic carbocycles. The minimum atomic E-state index is -0.118. The second-order valence-corrected chi connectivity index (χ2v) is 8.20. The number of rotatable bonds is 4. The van der Waals surface area contributed by atoms with E-state index >= 15 is 0 Å². The number of hydrogen-bond donors (Lipinski definition) is 1. The third-order valence-corrected chi connectivity index (χ3v) is 6.12. The van der Waals surface area contributed by atoms with Crippen LogP contribution in [0, 0.1) is 0 Å². The Bertz CT molecular complexity index is 994. The highest BCUT2D eigenvalue weighted by Gasteiger charge is 2.40. The van der Waals surface area contributed by atoms with Gasteiger partial charge < -0.3 is 29.3 Å². The van der Waals surface area contributed by atoms with Gasteiger partial charge in [0.1, 0.15) is 12.4 Å². The van der Waals surface area contributed by atoms with Gasteiger partial charge in [-0.15, -0.1) is 0 Å². The van der Waals surface area contributed by atoms with E-state index in [1.54, 1.807) is 12.3 Å². The first-order valence-corrected chi connectivity index (χ1v) is 10.7. The highest BCUT2D eigenvalue weighted by Crippen LogP contribution is 2.31. The maximum Gasteiger partial charge on any atom is 0.325 e. The number of methoxy groups -OCH3 is 1. The maximum atomic E-state index is 12.9. The fraction of sp³-hybridized carbons (Fsp3) is 0.455. The Labute approximate surface area is 185 Å². The molecule has 0 saturated carbocycles. The van der Waals surface area contributed by atoms with E-state index in [0.29, 0.717) is 37.8 Å². The Morgan fingerprint density at radius 1 is 1.16 bits per heavy atom. The summed E-state index contributed by atoms with van der Waals surface area (Å²) < 4.78 is 16.3. The molecule has 1 aromatic carbocycles. The van der Waals surface area contributed by atoms with E-state index in [0.717, 1.165) is 12.0 Å². The summed E-state index contributed by atoms with van der Waals surface area (Å²) in [6.07, 6.45) is 2.32. The van der Waals surface area contributed by atoms with Crippen molar-refractivity contribution in [3.63, 3.8) is 0 Å². The molecule has 10 nitrogen and oxygen atoms in total. The fourth-order valence-electron chi connectivity index (χ4n) is 4.32. The van der Waals surface area contributed by atoms with Crippen molar-refractivity contribution in [2.75, 3.05) is 39.9 Å². The van der Waals surface area contributed by atoms with Gasteiger partial charge in [0, 0.05) is 44.4 Å². The van der Waals surface area contributed by atoms with Crippen molar-refractivity contribution in [2.45, 2.75) is 24.5 Å². The number of nitrogens with zero attached hydrogens (tertiary/aromatic N) is 4. The van der Waals surface area contributed by atoms with E-state index < -0.39 is 0 Å². The average Bonchev–Trinajstić information content (AvgIpc) is 2.78. The van der Waals surface area contributed by atoms with E-state index in [4.69, 9.17) is 14.2 Å². The normalized spacial score (nSPS) is 23.1. The molecule has 3 fully saturated rings. The number of piperidine rings is 1. The molecule has 10 heteroatoms. The van der Waals surface area contributed by atoms with Gasteiger partial charge in [0.2, 0.25) is 11.8 Å². The topological polar surface area (TPSA) is 106 Å². The summed E-state index contributed by atoms with van der Waals surface area (Å²) in [6, 6.07) is 9.53. The molecule has 5 rings (SSSR count). The molecule has 0 bridgehead atoms. The van der Waals surface area contributed by atoms with Crippen LogP contribution in [-0.4, -0.2) is 83.7 Å². The molecule has 0 spiro atoms. The first-order valence-electron chi connectivity index (χ1n) is 10.7. The monoisotopic (exact) mass is 439 g/mol. The van der Waals surface area contributed by atoms with Gasteiger partial charge in [-0.05, 0) is 24.1 Å². The molecular formula is C22H25N5O5. The van der Waals surface area contributed by atoms with Crippen LogP contribution < -0.4 is 14.8 Å². The highest BCUT2D eigenvalue weighted by atomic mass is 16.5. The van der Waals surface area contributed by atoms with Crippen molar-refractivity contribution >= 4 is 11.9 Å². The van der Waals surface area contributed by atoms with Gasteiger partial charge >= 0.3 is 12.0 Å². The molecule has 168 valence electrons. The number of urea groups is 1. The number of ether oxygens (including phenoxy) is 3. The second-order valence-electron chi connectivity index (χ2n) is 8.20. The Hall–Kier alpha value is -3.40. The van der Waals surface area contributed by atoms with Gasteiger partial charge in [0.05, 0.1) is 19.3 Å². The molecule has 2 aromatic rings. The number of carbonyl (C=O) groups is 2. The van der Waals surface area contributed by atoms with Crippen LogP contribution in [0.3, 0.4) is 0 Å². The van der Waals surface area contributed by atoms with Crippen LogP contribution >= 0.6 is 0 Å². The number of hydrogen-bond acceptors (Lipinski definition) is 7. The molecule has 0 radical (unpaired) electrons. The van der Waals surface area contributed by atoms with E-state index in [2.05, 4.69) is 15.3 Å². The van der Waals surface area contributed by atoms with E-state index in [1.165, 1.54) is 7.11 Å². The Morgan fingerprint density at radius 2 is 1.97 bits per heavy atom. The minimum Gasteiger partial charge on any atom is -0.481 e. The lowest BCUT2D eigenvalue weighted by Crippen LogP contribution is -2.63. The second kappa shape index (κ2) is 8.62. The number of likely N-dealkylation sites (tertiary alicyclic amines) is 2. The van der Waals surface area contributed by atoms with E-state index in [1.807, 2.05) is 34.1 Å². The molecule has 1 N–H and O–H groups in total. The molecule has 3 aliphatic rings. The number of nitrogens with one attached hydrogen (secondary N) is 1. The number of aromatic nitrogens is 2. The lowest BCUT2D eigenvalue weighted by atomic mass is 9.91. The molecule has 3 saturated heterocycles. The zero-order valence-corrected chi connectivity index (χ0v) is 17.8. The van der Waals surface area contributed by atoms with Gasteiger partial charge in [0.25, 0.3) is 0 Å². The zero-order valence-electron chi connectivity index (χ0n) is 17.8. The summed E-state index contributed by atoms with van der Waals surface area (Å²) >= 11 is 0. The Kier molecular flexibility index (Phi) is 5.52. The SMILES string of the molecule is COc1ccnc(Oc2ccc(C3CN(C(=O)N4CC[C@@H]5OCC(=O)NC5C4)C3)cc2)n1. The first-order chi connectivity index (χ1) is 15.6. The number of amides is 3. The van der Waals surface area contributed by atoms with Crippen LogP contribution in [-0.2, 0) is 9.53 Å². The van der Waals surface area contributed by atoms with Crippen molar-refractivity contribution in [3.05, 3.63) is 42.1 Å². The number of carbonyl (C=O) groups excluding carboxylic acids is 2. The molecule has 32 heavy (non-hydrogen) atoms. The molecule has 1 unspecified atom stereocenters. The van der Waals surface area contributed by atoms with Crippen LogP contribution in [0.15, 0.2) is 36.5 Å². The van der Waals surface area contributed by atoms with Gasteiger partial charge in [-0.3, -0.25) is 4.79 Å². The quantitative estimate of drug-likeness (QED) is 0.767. The average molecular weight is 439 g/mol. The summed E-state index contributed by atoms with van der Waals surface area (Å²) in [5, 5.41) is 2.94. The fourth-order valence-corrected chi connectivity index (χ4v) is 4.32. The van der Waals surface area contributed by atoms with Gasteiger partial charge in [-0.2, -0.15) is 4.98 Å². The molecular weight excluding hydrogens is 414 g/mol. The minimum absolute atomic E-state index is 0.00370. The molecule has 3 amide bonds. The summed E-state index contributed by atoms with van der Waals surface area (Å²) in [7, 11) is 1.54. The summed E-state index contributed by atoms with van der Waals surface area (Å²) in [5.41, 5.74) is 1.15. The summed E-state index contributed by atoms with van der Waals surface area (Å²) in [6.45, 7) is 2.60. The predicted octanol–water partition coefficient (Wildman–Crippen LogP) is 1.39. The number of fused-ring (bicyclic) bond motifs is 1. The maximum absolute atomic E-state index is 12.9. The third kappa shape index (κ3) is 4.18. The summed E-state index contributed by atoms with van der Waals surface area (Å²) in [5.74, 6) is 1.24.